The fraction of sp³-hybridized carbons (Fsp3) is 0.438. The minimum absolute atomic E-state index is 0.629. The summed E-state index contributed by atoms with van der Waals surface area (Å²) in [6.45, 7) is 7.12. The van der Waals surface area contributed by atoms with Crippen molar-refractivity contribution in [1.29, 1.82) is 0 Å². The van der Waals surface area contributed by atoms with Gasteiger partial charge in [0.15, 0.2) is 0 Å². The van der Waals surface area contributed by atoms with Crippen LogP contribution in [-0.4, -0.2) is 34.2 Å². The van der Waals surface area contributed by atoms with Gasteiger partial charge in [0, 0.05) is 24.0 Å². The second kappa shape index (κ2) is 6.04. The maximum absolute atomic E-state index is 9.82. The zero-order valence-electron chi connectivity index (χ0n) is 12.6. The van der Waals surface area contributed by atoms with Gasteiger partial charge in [0.1, 0.15) is 5.01 Å². The topological polar surface area (TPSA) is 36.4 Å². The molecule has 0 radical (unpaired) electrons. The summed E-state index contributed by atoms with van der Waals surface area (Å²) < 4.78 is 0. The van der Waals surface area contributed by atoms with E-state index in [0.29, 0.717) is 6.54 Å². The summed E-state index contributed by atoms with van der Waals surface area (Å²) in [5.41, 5.74) is 2.80. The highest BCUT2D eigenvalue weighted by Crippen LogP contribution is 2.24. The van der Waals surface area contributed by atoms with E-state index in [9.17, 15) is 5.11 Å². The van der Waals surface area contributed by atoms with Crippen molar-refractivity contribution in [3.05, 3.63) is 40.9 Å². The summed E-state index contributed by atoms with van der Waals surface area (Å²) in [5, 5.41) is 13.0. The highest BCUT2D eigenvalue weighted by molar-refractivity contribution is 7.13. The zero-order valence-corrected chi connectivity index (χ0v) is 13.4. The quantitative estimate of drug-likeness (QED) is 0.917. The molecule has 0 unspecified atom stereocenters. The summed E-state index contributed by atoms with van der Waals surface area (Å²) in [7, 11) is 2.00. The minimum atomic E-state index is -0.676. The van der Waals surface area contributed by atoms with E-state index in [1.54, 1.807) is 11.3 Å². The highest BCUT2D eigenvalue weighted by atomic mass is 32.1. The molecule has 0 amide bonds. The van der Waals surface area contributed by atoms with Gasteiger partial charge in [0.25, 0.3) is 0 Å². The van der Waals surface area contributed by atoms with Crippen LogP contribution in [0.2, 0.25) is 0 Å². The molecule has 2 aromatic rings. The minimum Gasteiger partial charge on any atom is -0.389 e. The van der Waals surface area contributed by atoms with Crippen molar-refractivity contribution >= 4 is 11.3 Å². The Morgan fingerprint density at radius 3 is 2.50 bits per heavy atom. The number of nitrogens with zero attached hydrogens (tertiary/aromatic N) is 2. The third-order valence-corrected chi connectivity index (χ3v) is 3.88. The Labute approximate surface area is 124 Å². The first kappa shape index (κ1) is 15.2. The van der Waals surface area contributed by atoms with E-state index in [0.717, 1.165) is 22.8 Å². The lowest BCUT2D eigenvalue weighted by Gasteiger charge is -2.24. The van der Waals surface area contributed by atoms with Crippen molar-refractivity contribution in [1.82, 2.24) is 9.88 Å². The second-order valence-electron chi connectivity index (χ2n) is 5.99. The second-order valence-corrected chi connectivity index (χ2v) is 6.85. The third-order valence-electron chi connectivity index (χ3n) is 2.94. The van der Waals surface area contributed by atoms with Crippen molar-refractivity contribution in [2.75, 3.05) is 13.6 Å². The number of hydrogen-bond acceptors (Lipinski definition) is 4. The van der Waals surface area contributed by atoms with E-state index >= 15 is 0 Å². The van der Waals surface area contributed by atoms with Crippen molar-refractivity contribution in [3.8, 4) is 10.6 Å². The van der Waals surface area contributed by atoms with E-state index in [-0.39, 0.29) is 0 Å². The molecule has 1 aromatic heterocycles. The molecule has 0 atom stereocenters. The number of aromatic nitrogens is 1. The van der Waals surface area contributed by atoms with Gasteiger partial charge in [0.05, 0.1) is 11.3 Å². The third kappa shape index (κ3) is 4.40. The van der Waals surface area contributed by atoms with E-state index < -0.39 is 5.60 Å². The van der Waals surface area contributed by atoms with Gasteiger partial charge in [0.2, 0.25) is 0 Å². The molecule has 1 aromatic carbocycles. The van der Waals surface area contributed by atoms with Crippen LogP contribution in [0, 0.1) is 6.92 Å². The van der Waals surface area contributed by atoms with Crippen LogP contribution in [0.1, 0.15) is 25.1 Å². The lowest BCUT2D eigenvalue weighted by Crippen LogP contribution is -2.35. The van der Waals surface area contributed by atoms with Crippen LogP contribution in [0.25, 0.3) is 10.6 Å². The van der Waals surface area contributed by atoms with Gasteiger partial charge < -0.3 is 5.11 Å². The summed E-state index contributed by atoms with van der Waals surface area (Å²) in [6.07, 6.45) is 0. The predicted octanol–water partition coefficient (Wildman–Crippen LogP) is 3.32. The largest absolute Gasteiger partial charge is 0.389 e. The van der Waals surface area contributed by atoms with Gasteiger partial charge in [-0.15, -0.1) is 11.3 Å². The van der Waals surface area contributed by atoms with E-state index in [4.69, 9.17) is 0 Å². The molecule has 1 N–H and O–H groups in total. The highest BCUT2D eigenvalue weighted by Gasteiger charge is 2.16. The van der Waals surface area contributed by atoms with Crippen LogP contribution in [0.4, 0.5) is 0 Å². The molecule has 20 heavy (non-hydrogen) atoms. The number of rotatable bonds is 5. The van der Waals surface area contributed by atoms with Gasteiger partial charge in [-0.05, 0) is 27.8 Å². The number of aryl methyl sites for hydroxylation is 1. The first-order valence-electron chi connectivity index (χ1n) is 6.76. The van der Waals surface area contributed by atoms with Crippen molar-refractivity contribution < 1.29 is 5.11 Å². The molecule has 1 heterocycles. The molecule has 2 rings (SSSR count). The van der Waals surface area contributed by atoms with Gasteiger partial charge in [-0.1, -0.05) is 29.8 Å². The lowest BCUT2D eigenvalue weighted by atomic mass is 10.1. The first-order valence-corrected chi connectivity index (χ1v) is 7.64. The Balaban J connectivity index is 2.04. The van der Waals surface area contributed by atoms with Crippen LogP contribution >= 0.6 is 11.3 Å². The summed E-state index contributed by atoms with van der Waals surface area (Å²) in [4.78, 5) is 6.77. The number of likely N-dealkylation sites (N-methyl/N-ethyl adjacent to an activating group) is 1. The van der Waals surface area contributed by atoms with Crippen LogP contribution in [-0.2, 0) is 6.54 Å². The van der Waals surface area contributed by atoms with Crippen molar-refractivity contribution in [3.63, 3.8) is 0 Å². The van der Waals surface area contributed by atoms with Gasteiger partial charge in [-0.25, -0.2) is 4.98 Å². The van der Waals surface area contributed by atoms with Crippen LogP contribution in [0.15, 0.2) is 29.6 Å². The van der Waals surface area contributed by atoms with E-state index in [2.05, 4.69) is 46.5 Å². The van der Waals surface area contributed by atoms with Crippen molar-refractivity contribution in [2.24, 2.45) is 0 Å². The van der Waals surface area contributed by atoms with Crippen LogP contribution in [0.3, 0.4) is 0 Å². The Bertz CT molecular complexity index is 555. The number of aliphatic hydroxyl groups is 1. The Morgan fingerprint density at radius 1 is 1.25 bits per heavy atom. The number of benzene rings is 1. The lowest BCUT2D eigenvalue weighted by molar-refractivity contribution is 0.0422. The molecular formula is C16H22N2OS. The Hall–Kier alpha value is -1.23. The molecule has 0 saturated heterocycles. The normalized spacial score (nSPS) is 12.1. The zero-order chi connectivity index (χ0) is 14.8. The predicted molar refractivity (Wildman–Crippen MR) is 84.9 cm³/mol. The van der Waals surface area contributed by atoms with E-state index in [1.807, 2.05) is 20.9 Å². The van der Waals surface area contributed by atoms with Gasteiger partial charge in [-0.3, -0.25) is 4.90 Å². The summed E-state index contributed by atoms with van der Waals surface area (Å²) >= 11 is 1.67. The fourth-order valence-corrected chi connectivity index (χ4v) is 3.02. The summed E-state index contributed by atoms with van der Waals surface area (Å²) in [5.74, 6) is 0. The maximum Gasteiger partial charge on any atom is 0.123 e. The van der Waals surface area contributed by atoms with Gasteiger partial charge in [-0.2, -0.15) is 0 Å². The first-order chi connectivity index (χ1) is 9.33. The molecule has 0 bridgehead atoms. The molecular weight excluding hydrogens is 268 g/mol. The molecule has 4 heteroatoms. The molecule has 0 aliphatic carbocycles. The molecule has 0 saturated carbocycles. The Morgan fingerprint density at radius 2 is 1.90 bits per heavy atom. The molecule has 3 nitrogen and oxygen atoms in total. The van der Waals surface area contributed by atoms with E-state index in [1.165, 1.54) is 5.56 Å². The van der Waals surface area contributed by atoms with Crippen molar-refractivity contribution in [2.45, 2.75) is 32.9 Å². The smallest absolute Gasteiger partial charge is 0.123 e. The fourth-order valence-electron chi connectivity index (χ4n) is 2.20. The molecule has 108 valence electrons. The average Bonchev–Trinajstić information content (AvgIpc) is 2.75. The average molecular weight is 290 g/mol. The Kier molecular flexibility index (Phi) is 4.58. The monoisotopic (exact) mass is 290 g/mol. The molecule has 0 aliphatic rings. The molecule has 0 fully saturated rings. The molecule has 0 spiro atoms. The van der Waals surface area contributed by atoms with Crippen LogP contribution < -0.4 is 0 Å². The number of thiazole rings is 1. The SMILES string of the molecule is Cc1ccc(-c2nc(CN(C)CC(C)(C)O)cs2)cc1. The molecule has 0 aliphatic heterocycles. The maximum atomic E-state index is 9.82. The van der Waals surface area contributed by atoms with Crippen LogP contribution in [0.5, 0.6) is 0 Å². The van der Waals surface area contributed by atoms with Gasteiger partial charge >= 0.3 is 0 Å². The summed E-state index contributed by atoms with van der Waals surface area (Å²) in [6, 6.07) is 8.44. The standard InChI is InChI=1S/C16H22N2OS/c1-12-5-7-13(8-6-12)15-17-14(10-20-15)9-18(4)11-16(2,3)19/h5-8,10,19H,9,11H2,1-4H3. The number of hydrogen-bond donors (Lipinski definition) is 1.